The van der Waals surface area contributed by atoms with Gasteiger partial charge in [-0.2, -0.15) is 0 Å². The smallest absolute Gasteiger partial charge is 0.0469 e. The molecule has 2 nitrogen and oxygen atoms in total. The normalized spacial score (nSPS) is 22.3. The summed E-state index contributed by atoms with van der Waals surface area (Å²) >= 11 is 0. The lowest BCUT2D eigenvalue weighted by Crippen LogP contribution is -2.24. The second kappa shape index (κ2) is 3.85. The van der Waals surface area contributed by atoms with Gasteiger partial charge in [0.15, 0.2) is 0 Å². The zero-order valence-corrected chi connectivity index (χ0v) is 5.73. The van der Waals surface area contributed by atoms with Gasteiger partial charge < -0.3 is 10.1 Å². The molecule has 0 saturated carbocycles. The van der Waals surface area contributed by atoms with E-state index in [2.05, 4.69) is 12.4 Å². The lowest BCUT2D eigenvalue weighted by atomic mass is 10.0. The summed E-state index contributed by atoms with van der Waals surface area (Å²) in [5.41, 5.74) is 0. The highest BCUT2D eigenvalue weighted by Crippen LogP contribution is 2.12. The Morgan fingerprint density at radius 3 is 2.67 bits per heavy atom. The third-order valence-corrected chi connectivity index (χ3v) is 1.77. The molecule has 0 aliphatic carbocycles. The minimum atomic E-state index is 0.802. The zero-order valence-electron chi connectivity index (χ0n) is 5.73. The van der Waals surface area contributed by atoms with Gasteiger partial charge in [-0.05, 0) is 25.3 Å². The van der Waals surface area contributed by atoms with Crippen LogP contribution in [0.5, 0.6) is 0 Å². The lowest BCUT2D eigenvalue weighted by Gasteiger charge is -2.21. The molecular formula is C7H14NO. The van der Waals surface area contributed by atoms with Crippen LogP contribution in [0.4, 0.5) is 0 Å². The van der Waals surface area contributed by atoms with Crippen LogP contribution in [0.2, 0.25) is 0 Å². The van der Waals surface area contributed by atoms with Gasteiger partial charge in [-0.25, -0.2) is 0 Å². The molecule has 1 heterocycles. The average molecular weight is 128 g/mol. The van der Waals surface area contributed by atoms with E-state index in [1.807, 2.05) is 0 Å². The summed E-state index contributed by atoms with van der Waals surface area (Å²) in [5, 5.41) is 2.93. The first kappa shape index (κ1) is 7.03. The van der Waals surface area contributed by atoms with Crippen molar-refractivity contribution >= 4 is 0 Å². The van der Waals surface area contributed by atoms with Crippen LogP contribution in [0.1, 0.15) is 12.8 Å². The Kier molecular flexibility index (Phi) is 3.01. The van der Waals surface area contributed by atoms with Crippen molar-refractivity contribution in [2.24, 2.45) is 5.92 Å². The van der Waals surface area contributed by atoms with Gasteiger partial charge in [0.05, 0.1) is 0 Å². The summed E-state index contributed by atoms with van der Waals surface area (Å²) in [6.07, 6.45) is 2.39. The molecule has 0 amide bonds. The molecule has 0 aromatic heterocycles. The number of nitrogens with one attached hydrogen (secondary N) is 1. The Hall–Kier alpha value is -0.0800. The summed E-state index contributed by atoms with van der Waals surface area (Å²) < 4.78 is 5.20. The van der Waals surface area contributed by atoms with Crippen molar-refractivity contribution in [1.29, 1.82) is 0 Å². The molecule has 0 unspecified atom stereocenters. The molecule has 1 radical (unpaired) electrons. The molecule has 0 atom stereocenters. The second-order valence-electron chi connectivity index (χ2n) is 2.51. The van der Waals surface area contributed by atoms with E-state index in [0.717, 1.165) is 25.7 Å². The van der Waals surface area contributed by atoms with E-state index in [9.17, 15) is 0 Å². The summed E-state index contributed by atoms with van der Waals surface area (Å²) in [6.45, 7) is 2.92. The van der Waals surface area contributed by atoms with E-state index in [1.165, 1.54) is 12.8 Å². The van der Waals surface area contributed by atoms with Crippen LogP contribution in [0, 0.1) is 13.0 Å². The van der Waals surface area contributed by atoms with E-state index in [0.29, 0.717) is 0 Å². The maximum atomic E-state index is 5.20. The first-order valence-corrected chi connectivity index (χ1v) is 3.51. The van der Waals surface area contributed by atoms with Crippen LogP contribution in [0.15, 0.2) is 0 Å². The first-order valence-electron chi connectivity index (χ1n) is 3.51. The molecule has 1 aliphatic rings. The maximum absolute atomic E-state index is 5.20. The number of rotatable bonds is 2. The molecule has 0 bridgehead atoms. The third kappa shape index (κ3) is 2.33. The Bertz CT molecular complexity index is 66.6. The van der Waals surface area contributed by atoms with E-state index in [-0.39, 0.29) is 0 Å². The van der Waals surface area contributed by atoms with E-state index >= 15 is 0 Å². The summed E-state index contributed by atoms with van der Waals surface area (Å²) in [7, 11) is 3.59. The van der Waals surface area contributed by atoms with Gasteiger partial charge in [-0.15, -0.1) is 0 Å². The summed E-state index contributed by atoms with van der Waals surface area (Å²) in [5.74, 6) is 0.802. The van der Waals surface area contributed by atoms with Crippen molar-refractivity contribution in [3.05, 3.63) is 7.05 Å². The van der Waals surface area contributed by atoms with Crippen molar-refractivity contribution in [1.82, 2.24) is 5.32 Å². The van der Waals surface area contributed by atoms with E-state index in [4.69, 9.17) is 4.74 Å². The lowest BCUT2D eigenvalue weighted by molar-refractivity contribution is 0.0672. The molecule has 1 N–H and O–H groups in total. The molecular weight excluding hydrogens is 114 g/mol. The number of hydrogen-bond acceptors (Lipinski definition) is 2. The zero-order chi connectivity index (χ0) is 6.53. The molecule has 1 saturated heterocycles. The van der Waals surface area contributed by atoms with E-state index in [1.54, 1.807) is 0 Å². The van der Waals surface area contributed by atoms with Crippen molar-refractivity contribution in [3.8, 4) is 0 Å². The standard InChI is InChI=1S/C7H14NO/c1-8-6-7-2-4-9-5-3-7/h7-8H,1-6H2. The summed E-state index contributed by atoms with van der Waals surface area (Å²) in [4.78, 5) is 0. The fraction of sp³-hybridized carbons (Fsp3) is 0.857. The Morgan fingerprint density at radius 2 is 2.11 bits per heavy atom. The number of hydrogen-bond donors (Lipinski definition) is 1. The van der Waals surface area contributed by atoms with Crippen LogP contribution >= 0.6 is 0 Å². The monoisotopic (exact) mass is 128 g/mol. The molecule has 9 heavy (non-hydrogen) atoms. The highest BCUT2D eigenvalue weighted by atomic mass is 16.5. The van der Waals surface area contributed by atoms with Gasteiger partial charge in [0, 0.05) is 20.3 Å². The second-order valence-corrected chi connectivity index (χ2v) is 2.51. The highest BCUT2D eigenvalue weighted by molar-refractivity contribution is 4.64. The van der Waals surface area contributed by atoms with Crippen LogP contribution in [-0.2, 0) is 4.74 Å². The Labute approximate surface area is 56.6 Å². The molecule has 53 valence electrons. The topological polar surface area (TPSA) is 21.3 Å². The van der Waals surface area contributed by atoms with Crippen LogP contribution in [-0.4, -0.2) is 19.8 Å². The maximum Gasteiger partial charge on any atom is 0.0469 e. The average Bonchev–Trinajstić information content (AvgIpc) is 1.91. The van der Waals surface area contributed by atoms with Crippen molar-refractivity contribution in [2.45, 2.75) is 12.8 Å². The number of ether oxygens (including phenoxy) is 1. The van der Waals surface area contributed by atoms with Crippen molar-refractivity contribution < 1.29 is 4.74 Å². The summed E-state index contributed by atoms with van der Waals surface area (Å²) in [6, 6.07) is 0. The predicted molar refractivity (Wildman–Crippen MR) is 36.9 cm³/mol. The van der Waals surface area contributed by atoms with Crippen molar-refractivity contribution in [3.63, 3.8) is 0 Å². The first-order chi connectivity index (χ1) is 4.43. The minimum absolute atomic E-state index is 0.802. The van der Waals surface area contributed by atoms with Gasteiger partial charge in [-0.1, -0.05) is 0 Å². The Balaban J connectivity index is 2.08. The van der Waals surface area contributed by atoms with E-state index < -0.39 is 0 Å². The van der Waals surface area contributed by atoms with Gasteiger partial charge >= 0.3 is 0 Å². The molecule has 1 aliphatic heterocycles. The van der Waals surface area contributed by atoms with Gasteiger partial charge in [0.25, 0.3) is 0 Å². The van der Waals surface area contributed by atoms with Crippen molar-refractivity contribution in [2.75, 3.05) is 19.8 Å². The van der Waals surface area contributed by atoms with Gasteiger partial charge in [-0.3, -0.25) is 0 Å². The predicted octanol–water partition coefficient (Wildman–Crippen LogP) is 0.794. The van der Waals surface area contributed by atoms with Crippen LogP contribution < -0.4 is 5.32 Å². The third-order valence-electron chi connectivity index (χ3n) is 1.77. The van der Waals surface area contributed by atoms with Crippen LogP contribution in [0.3, 0.4) is 0 Å². The molecule has 1 fully saturated rings. The fourth-order valence-corrected chi connectivity index (χ4v) is 1.15. The van der Waals surface area contributed by atoms with Crippen LogP contribution in [0.25, 0.3) is 0 Å². The van der Waals surface area contributed by atoms with Gasteiger partial charge in [0.1, 0.15) is 0 Å². The molecule has 1 rings (SSSR count). The highest BCUT2D eigenvalue weighted by Gasteiger charge is 2.11. The SMILES string of the molecule is [CH2]NCC1CCOCC1. The Morgan fingerprint density at radius 1 is 1.44 bits per heavy atom. The van der Waals surface area contributed by atoms with Gasteiger partial charge in [0.2, 0.25) is 0 Å². The molecule has 0 aromatic rings. The fourth-order valence-electron chi connectivity index (χ4n) is 1.15. The largest absolute Gasteiger partial charge is 0.381 e. The molecule has 0 spiro atoms. The molecule has 2 heteroatoms. The quantitative estimate of drug-likeness (QED) is 0.593. The minimum Gasteiger partial charge on any atom is -0.381 e. The molecule has 0 aromatic carbocycles.